The van der Waals surface area contributed by atoms with Gasteiger partial charge in [0, 0.05) is 12.1 Å². The molecule has 0 saturated heterocycles. The topological polar surface area (TPSA) is 59.8 Å². The molecule has 140 valence electrons. The van der Waals surface area contributed by atoms with Crippen LogP contribution in [0.1, 0.15) is 41.4 Å². The Kier molecular flexibility index (Phi) is 4.20. The number of carbonyl (C=O) groups excluding carboxylic acids is 1. The van der Waals surface area contributed by atoms with Crippen LogP contribution in [0.3, 0.4) is 0 Å². The first-order chi connectivity index (χ1) is 13.7. The lowest BCUT2D eigenvalue weighted by atomic mass is 9.96. The number of para-hydroxylation sites is 1. The third-order valence-electron chi connectivity index (χ3n) is 5.17. The van der Waals surface area contributed by atoms with Crippen LogP contribution in [-0.2, 0) is 12.8 Å². The molecule has 5 rings (SSSR count). The highest BCUT2D eigenvalue weighted by Crippen LogP contribution is 2.34. The van der Waals surface area contributed by atoms with Crippen LogP contribution in [0.2, 0.25) is 0 Å². The van der Waals surface area contributed by atoms with Crippen LogP contribution in [-0.4, -0.2) is 20.5 Å². The van der Waals surface area contributed by atoms with Crippen molar-refractivity contribution >= 4 is 38.8 Å². The SMILES string of the molecule is CCc1ccc(Nc2nn(-c3nc4ccccc4s3)c3c2C(=O)CCC3)cc1. The Morgan fingerprint density at radius 1 is 1.11 bits per heavy atom. The van der Waals surface area contributed by atoms with Gasteiger partial charge in [0.2, 0.25) is 5.13 Å². The maximum Gasteiger partial charge on any atom is 0.211 e. The molecule has 1 aliphatic rings. The molecule has 0 radical (unpaired) electrons. The van der Waals surface area contributed by atoms with Crippen LogP contribution in [0.15, 0.2) is 48.5 Å². The first-order valence-corrected chi connectivity index (χ1v) is 10.4. The Morgan fingerprint density at radius 3 is 2.71 bits per heavy atom. The first kappa shape index (κ1) is 17.1. The monoisotopic (exact) mass is 388 g/mol. The highest BCUT2D eigenvalue weighted by atomic mass is 32.1. The number of fused-ring (bicyclic) bond motifs is 2. The minimum atomic E-state index is 0.154. The number of rotatable bonds is 4. The molecule has 6 heteroatoms. The number of aromatic nitrogens is 3. The summed E-state index contributed by atoms with van der Waals surface area (Å²) in [7, 11) is 0. The summed E-state index contributed by atoms with van der Waals surface area (Å²) in [6, 6.07) is 16.3. The number of hydrogen-bond acceptors (Lipinski definition) is 5. The van der Waals surface area contributed by atoms with Gasteiger partial charge in [-0.15, -0.1) is 5.10 Å². The van der Waals surface area contributed by atoms with Crippen LogP contribution in [0.4, 0.5) is 11.5 Å². The summed E-state index contributed by atoms with van der Waals surface area (Å²) in [5, 5.41) is 8.95. The van der Waals surface area contributed by atoms with Crippen molar-refractivity contribution in [1.82, 2.24) is 14.8 Å². The lowest BCUT2D eigenvalue weighted by Crippen LogP contribution is -2.13. The van der Waals surface area contributed by atoms with E-state index in [0.717, 1.165) is 46.0 Å². The van der Waals surface area contributed by atoms with Crippen molar-refractivity contribution in [2.24, 2.45) is 0 Å². The van der Waals surface area contributed by atoms with E-state index in [1.165, 1.54) is 5.56 Å². The number of nitrogens with one attached hydrogen (secondary N) is 1. The molecular formula is C22H20N4OS. The number of anilines is 2. The zero-order valence-corrected chi connectivity index (χ0v) is 16.4. The van der Waals surface area contributed by atoms with E-state index in [0.29, 0.717) is 17.8 Å². The molecule has 0 fully saturated rings. The second kappa shape index (κ2) is 6.87. The molecule has 2 heterocycles. The fraction of sp³-hybridized carbons (Fsp3) is 0.227. The molecule has 2 aromatic heterocycles. The van der Waals surface area contributed by atoms with Gasteiger partial charge in [0.25, 0.3) is 0 Å². The number of ketones is 1. The quantitative estimate of drug-likeness (QED) is 0.515. The zero-order chi connectivity index (χ0) is 19.1. The molecule has 2 aromatic carbocycles. The molecule has 5 nitrogen and oxygen atoms in total. The normalized spacial score (nSPS) is 13.7. The Balaban J connectivity index is 1.60. The van der Waals surface area contributed by atoms with Crippen molar-refractivity contribution in [2.75, 3.05) is 5.32 Å². The van der Waals surface area contributed by atoms with Crippen LogP contribution >= 0.6 is 11.3 Å². The van der Waals surface area contributed by atoms with Gasteiger partial charge in [0.1, 0.15) is 0 Å². The average molecular weight is 388 g/mol. The molecule has 0 aliphatic heterocycles. The molecule has 0 atom stereocenters. The summed E-state index contributed by atoms with van der Waals surface area (Å²) in [4.78, 5) is 17.4. The van der Waals surface area contributed by atoms with Gasteiger partial charge in [-0.3, -0.25) is 4.79 Å². The van der Waals surface area contributed by atoms with E-state index in [-0.39, 0.29) is 5.78 Å². The molecule has 0 spiro atoms. The lowest BCUT2D eigenvalue weighted by molar-refractivity contribution is 0.0973. The van der Waals surface area contributed by atoms with Gasteiger partial charge in [-0.25, -0.2) is 9.67 Å². The number of Topliss-reactive ketones (excluding diaryl/α,β-unsaturated/α-hetero) is 1. The molecule has 1 N–H and O–H groups in total. The smallest absolute Gasteiger partial charge is 0.211 e. The van der Waals surface area contributed by atoms with Crippen LogP contribution in [0.5, 0.6) is 0 Å². The van der Waals surface area contributed by atoms with E-state index in [2.05, 4.69) is 30.4 Å². The number of aryl methyl sites for hydroxylation is 1. The summed E-state index contributed by atoms with van der Waals surface area (Å²) in [5.41, 5.74) is 4.85. The van der Waals surface area contributed by atoms with Gasteiger partial charge in [0.05, 0.1) is 21.5 Å². The second-order valence-corrected chi connectivity index (χ2v) is 8.01. The van der Waals surface area contributed by atoms with E-state index in [1.54, 1.807) is 11.3 Å². The summed E-state index contributed by atoms with van der Waals surface area (Å²) in [6.07, 6.45) is 3.26. The molecule has 28 heavy (non-hydrogen) atoms. The number of thiazole rings is 1. The van der Waals surface area contributed by atoms with E-state index in [4.69, 9.17) is 10.1 Å². The first-order valence-electron chi connectivity index (χ1n) is 9.60. The Hall–Kier alpha value is -2.99. The fourth-order valence-electron chi connectivity index (χ4n) is 3.68. The van der Waals surface area contributed by atoms with E-state index in [9.17, 15) is 4.79 Å². The summed E-state index contributed by atoms with van der Waals surface area (Å²) in [5.74, 6) is 0.782. The van der Waals surface area contributed by atoms with Gasteiger partial charge in [-0.2, -0.15) is 0 Å². The standard InChI is InChI=1S/C22H20N4OS/c1-2-14-10-12-15(13-11-14)23-21-20-17(7-5-8-18(20)27)26(25-21)22-24-16-6-3-4-9-19(16)28-22/h3-4,6,9-13H,2,5,7-8H2,1H3,(H,23,25). The van der Waals surface area contributed by atoms with Gasteiger partial charge >= 0.3 is 0 Å². The predicted molar refractivity (Wildman–Crippen MR) is 113 cm³/mol. The molecule has 0 bridgehead atoms. The summed E-state index contributed by atoms with van der Waals surface area (Å²) >= 11 is 1.60. The second-order valence-electron chi connectivity index (χ2n) is 7.00. The molecule has 0 unspecified atom stereocenters. The zero-order valence-electron chi connectivity index (χ0n) is 15.6. The lowest BCUT2D eigenvalue weighted by Gasteiger charge is -2.12. The summed E-state index contributed by atoms with van der Waals surface area (Å²) < 4.78 is 2.98. The maximum absolute atomic E-state index is 12.7. The van der Waals surface area contributed by atoms with E-state index >= 15 is 0 Å². The van der Waals surface area contributed by atoms with Crippen molar-refractivity contribution in [3.05, 3.63) is 65.4 Å². The minimum absolute atomic E-state index is 0.154. The Labute approximate surface area is 167 Å². The Morgan fingerprint density at radius 2 is 1.93 bits per heavy atom. The molecule has 0 saturated carbocycles. The third-order valence-corrected chi connectivity index (χ3v) is 6.18. The largest absolute Gasteiger partial charge is 0.338 e. The van der Waals surface area contributed by atoms with Gasteiger partial charge in [0.15, 0.2) is 11.6 Å². The summed E-state index contributed by atoms with van der Waals surface area (Å²) in [6.45, 7) is 2.14. The minimum Gasteiger partial charge on any atom is -0.338 e. The highest BCUT2D eigenvalue weighted by Gasteiger charge is 2.28. The van der Waals surface area contributed by atoms with E-state index in [1.807, 2.05) is 35.0 Å². The number of hydrogen-bond donors (Lipinski definition) is 1. The predicted octanol–water partition coefficient (Wildman–Crippen LogP) is 5.31. The van der Waals surface area contributed by atoms with Crippen molar-refractivity contribution < 1.29 is 4.79 Å². The van der Waals surface area contributed by atoms with E-state index < -0.39 is 0 Å². The molecule has 0 amide bonds. The molecule has 4 aromatic rings. The van der Waals surface area contributed by atoms with Crippen molar-refractivity contribution in [1.29, 1.82) is 0 Å². The van der Waals surface area contributed by atoms with Crippen molar-refractivity contribution in [2.45, 2.75) is 32.6 Å². The van der Waals surface area contributed by atoms with Gasteiger partial charge in [-0.05, 0) is 49.1 Å². The fourth-order valence-corrected chi connectivity index (χ4v) is 4.62. The third kappa shape index (κ3) is 2.90. The maximum atomic E-state index is 12.7. The molecular weight excluding hydrogens is 368 g/mol. The average Bonchev–Trinajstić information content (AvgIpc) is 3.31. The molecule has 1 aliphatic carbocycles. The van der Waals surface area contributed by atoms with Crippen LogP contribution in [0, 0.1) is 0 Å². The Bertz CT molecular complexity index is 1140. The van der Waals surface area contributed by atoms with Gasteiger partial charge in [-0.1, -0.05) is 42.5 Å². The number of carbonyl (C=O) groups is 1. The van der Waals surface area contributed by atoms with Crippen molar-refractivity contribution in [3.8, 4) is 5.13 Å². The highest BCUT2D eigenvalue weighted by molar-refractivity contribution is 7.20. The number of nitrogens with zero attached hydrogens (tertiary/aromatic N) is 3. The van der Waals surface area contributed by atoms with Crippen molar-refractivity contribution in [3.63, 3.8) is 0 Å². The van der Waals surface area contributed by atoms with Crippen LogP contribution < -0.4 is 5.32 Å². The van der Waals surface area contributed by atoms with Gasteiger partial charge < -0.3 is 5.32 Å². The number of benzene rings is 2. The van der Waals surface area contributed by atoms with Crippen LogP contribution in [0.25, 0.3) is 15.3 Å².